The normalized spacial score (nSPS) is 15.5. The number of nitrogens with zero attached hydrogens (tertiary/aromatic N) is 1. The van der Waals surface area contributed by atoms with Crippen molar-refractivity contribution in [2.45, 2.75) is 90.6 Å². The summed E-state index contributed by atoms with van der Waals surface area (Å²) >= 11 is 0. The van der Waals surface area contributed by atoms with Gasteiger partial charge in [-0.2, -0.15) is 4.57 Å². The molecule has 0 aliphatic carbocycles. The molecule has 0 N–H and O–H groups in total. The van der Waals surface area contributed by atoms with Gasteiger partial charge in [0.2, 0.25) is 6.20 Å². The number of aromatic nitrogens is 1. The molecule has 1 aliphatic heterocycles. The third-order valence-corrected chi connectivity index (χ3v) is 9.90. The first-order valence-corrected chi connectivity index (χ1v) is 12.9. The van der Waals surface area contributed by atoms with Gasteiger partial charge in [-0.3, -0.25) is 0 Å². The predicted molar refractivity (Wildman–Crippen MR) is 107 cm³/mol. The molecule has 6 heteroatoms. The van der Waals surface area contributed by atoms with E-state index in [9.17, 15) is 4.79 Å². The second kappa shape index (κ2) is 9.07. The van der Waals surface area contributed by atoms with Gasteiger partial charge in [-0.1, -0.05) is 26.7 Å². The minimum absolute atomic E-state index is 0.0798. The first-order chi connectivity index (χ1) is 12.6. The highest BCUT2D eigenvalue weighted by Gasteiger charge is 2.39. The van der Waals surface area contributed by atoms with Crippen molar-refractivity contribution in [2.24, 2.45) is 0 Å². The van der Waals surface area contributed by atoms with Crippen molar-refractivity contribution in [3.05, 3.63) is 17.8 Å². The zero-order valence-corrected chi connectivity index (χ0v) is 18.7. The molecule has 150 valence electrons. The monoisotopic (exact) mass is 392 g/mol. The van der Waals surface area contributed by atoms with Gasteiger partial charge in [-0.05, 0) is 37.9 Å². The van der Waals surface area contributed by atoms with Crippen molar-refractivity contribution in [2.75, 3.05) is 6.61 Å². The number of esters is 1. The van der Waals surface area contributed by atoms with E-state index in [1.54, 1.807) is 6.92 Å². The Morgan fingerprint density at radius 1 is 1.37 bits per heavy atom. The fourth-order valence-corrected chi connectivity index (χ4v) is 4.05. The van der Waals surface area contributed by atoms with E-state index >= 15 is 0 Å². The molecular weight excluding hydrogens is 358 g/mol. The molecule has 2 heterocycles. The molecule has 2 rings (SSSR count). The van der Waals surface area contributed by atoms with Crippen LogP contribution < -0.4 is 4.57 Å². The van der Waals surface area contributed by atoms with Crippen LogP contribution >= 0.6 is 0 Å². The molecule has 1 aromatic rings. The average Bonchev–Trinajstić information content (AvgIpc) is 2.99. The van der Waals surface area contributed by atoms with E-state index in [4.69, 9.17) is 13.6 Å². The van der Waals surface area contributed by atoms with Crippen LogP contribution in [0.5, 0.6) is 0 Å². The van der Waals surface area contributed by atoms with Crippen molar-refractivity contribution in [3.63, 3.8) is 0 Å². The number of aryl methyl sites for hydroxylation is 3. The number of hydrogen-bond acceptors (Lipinski definition) is 4. The van der Waals surface area contributed by atoms with Crippen molar-refractivity contribution in [1.82, 2.24) is 0 Å². The van der Waals surface area contributed by atoms with Gasteiger partial charge in [-0.15, -0.1) is 0 Å². The molecule has 0 spiro atoms. The number of carbonyl (C=O) groups excluding carboxylic acids is 1. The van der Waals surface area contributed by atoms with E-state index in [-0.39, 0.29) is 11.1 Å². The molecule has 0 saturated carbocycles. The Bertz CT molecular complexity index is 682. The van der Waals surface area contributed by atoms with Crippen LogP contribution in [-0.4, -0.2) is 27.0 Å². The molecule has 0 fully saturated rings. The molecule has 1 aliphatic rings. The molecule has 27 heavy (non-hydrogen) atoms. The summed E-state index contributed by atoms with van der Waals surface area (Å²) in [5.74, 6) is 7.13. The number of fused-ring (bicyclic) bond motifs is 1. The predicted octanol–water partition coefficient (Wildman–Crippen LogP) is 3.79. The highest BCUT2D eigenvalue weighted by atomic mass is 28.4. The SMILES string of the molecule is CCOC(=O)C#CC(CCc1c[n+]2c(o1)CCCC2)O[Si](C)(C)C(C)(C)C. The lowest BCUT2D eigenvalue weighted by molar-refractivity contribution is -0.712. The third-order valence-electron chi connectivity index (χ3n) is 5.42. The highest BCUT2D eigenvalue weighted by molar-refractivity contribution is 6.74. The Balaban J connectivity index is 2.09. The Hall–Kier alpha value is -1.58. The van der Waals surface area contributed by atoms with E-state index in [0.29, 0.717) is 13.0 Å². The van der Waals surface area contributed by atoms with Gasteiger partial charge in [0, 0.05) is 18.8 Å². The van der Waals surface area contributed by atoms with E-state index in [1.807, 2.05) is 0 Å². The lowest BCUT2D eigenvalue weighted by Gasteiger charge is -2.38. The van der Waals surface area contributed by atoms with Gasteiger partial charge in [0.05, 0.1) is 13.0 Å². The third kappa shape index (κ3) is 6.22. The first kappa shape index (κ1) is 21.7. The smallest absolute Gasteiger partial charge is 0.384 e. The molecule has 5 nitrogen and oxygen atoms in total. The van der Waals surface area contributed by atoms with Crippen molar-refractivity contribution >= 4 is 14.3 Å². The minimum Gasteiger partial charge on any atom is -0.456 e. The van der Waals surface area contributed by atoms with Crippen LogP contribution in [0, 0.1) is 11.8 Å². The van der Waals surface area contributed by atoms with Crippen LogP contribution in [0.4, 0.5) is 0 Å². The van der Waals surface area contributed by atoms with Gasteiger partial charge in [0.25, 0.3) is 0 Å². The summed E-state index contributed by atoms with van der Waals surface area (Å²) < 4.78 is 19.6. The van der Waals surface area contributed by atoms with E-state index in [0.717, 1.165) is 31.0 Å². The minimum atomic E-state index is -2.00. The standard InChI is InChI=1S/C21H34NO4Si/c1-7-24-20(23)14-13-17(26-27(5,6)21(2,3)4)11-12-18-16-22-15-9-8-10-19(22)25-18/h16-17H,7-12,15H2,1-6H3/q+1. The van der Waals surface area contributed by atoms with Crippen molar-refractivity contribution in [3.8, 4) is 11.8 Å². The average molecular weight is 393 g/mol. The number of oxazole rings is 1. The van der Waals surface area contributed by atoms with Crippen LogP contribution in [0.3, 0.4) is 0 Å². The summed E-state index contributed by atoms with van der Waals surface area (Å²) in [5, 5.41) is 0.0798. The van der Waals surface area contributed by atoms with Crippen molar-refractivity contribution in [1.29, 1.82) is 0 Å². The molecular formula is C21H34NO4Si+. The quantitative estimate of drug-likeness (QED) is 0.243. The number of carbonyl (C=O) groups is 1. The van der Waals surface area contributed by atoms with Gasteiger partial charge >= 0.3 is 11.9 Å². The molecule has 0 saturated heterocycles. The summed E-state index contributed by atoms with van der Waals surface area (Å²) in [5.41, 5.74) is 0. The fraction of sp³-hybridized carbons (Fsp3) is 0.714. The lowest BCUT2D eigenvalue weighted by Crippen LogP contribution is -2.43. The van der Waals surface area contributed by atoms with Crippen LogP contribution in [0.1, 0.15) is 58.6 Å². The largest absolute Gasteiger partial charge is 0.456 e. The summed E-state index contributed by atoms with van der Waals surface area (Å²) in [7, 11) is -2.00. The molecule has 1 aromatic heterocycles. The fourth-order valence-electron chi connectivity index (χ4n) is 2.81. The molecule has 0 bridgehead atoms. The highest BCUT2D eigenvalue weighted by Crippen LogP contribution is 2.37. The van der Waals surface area contributed by atoms with Crippen LogP contribution in [0.15, 0.2) is 10.6 Å². The maximum atomic E-state index is 11.7. The summed E-state index contributed by atoms with van der Waals surface area (Å²) in [4.78, 5) is 11.7. The molecule has 0 amide bonds. The lowest BCUT2D eigenvalue weighted by atomic mass is 10.2. The second-order valence-corrected chi connectivity index (χ2v) is 13.4. The van der Waals surface area contributed by atoms with Gasteiger partial charge in [-0.25, -0.2) is 4.79 Å². The van der Waals surface area contributed by atoms with Gasteiger partial charge in [0.1, 0.15) is 6.10 Å². The Morgan fingerprint density at radius 3 is 2.74 bits per heavy atom. The molecule has 1 atom stereocenters. The summed E-state index contributed by atoms with van der Waals surface area (Å²) in [6.45, 7) is 14.1. The Kier molecular flexibility index (Phi) is 7.30. The van der Waals surface area contributed by atoms with Gasteiger partial charge < -0.3 is 13.6 Å². The second-order valence-electron chi connectivity index (χ2n) is 8.64. The summed E-state index contributed by atoms with van der Waals surface area (Å²) in [6.07, 6.45) is 6.65. The Labute approximate surface area is 164 Å². The summed E-state index contributed by atoms with van der Waals surface area (Å²) in [6, 6.07) is 0. The number of hydrogen-bond donors (Lipinski definition) is 0. The van der Waals surface area contributed by atoms with Gasteiger partial charge in [0.15, 0.2) is 20.6 Å². The number of rotatable bonds is 6. The van der Waals surface area contributed by atoms with E-state index in [1.165, 1.54) is 12.8 Å². The van der Waals surface area contributed by atoms with Crippen molar-refractivity contribution < 1.29 is 22.9 Å². The van der Waals surface area contributed by atoms with E-state index in [2.05, 4.69) is 56.5 Å². The van der Waals surface area contributed by atoms with Crippen LogP contribution in [0.2, 0.25) is 18.1 Å². The topological polar surface area (TPSA) is 52.5 Å². The van der Waals surface area contributed by atoms with E-state index < -0.39 is 14.3 Å². The zero-order chi connectivity index (χ0) is 20.1. The zero-order valence-electron chi connectivity index (χ0n) is 17.7. The maximum Gasteiger partial charge on any atom is 0.384 e. The Morgan fingerprint density at radius 2 is 2.11 bits per heavy atom. The van der Waals surface area contributed by atoms with Crippen LogP contribution in [-0.2, 0) is 33.3 Å². The molecule has 0 radical (unpaired) electrons. The molecule has 1 unspecified atom stereocenters. The number of ether oxygens (including phenoxy) is 1. The maximum absolute atomic E-state index is 11.7. The van der Waals surface area contributed by atoms with Crippen LogP contribution in [0.25, 0.3) is 0 Å². The molecule has 0 aromatic carbocycles. The first-order valence-electron chi connectivity index (χ1n) is 9.99.